The van der Waals surface area contributed by atoms with Gasteiger partial charge in [-0.3, -0.25) is 9.59 Å². The summed E-state index contributed by atoms with van der Waals surface area (Å²) in [5, 5.41) is 0. The van der Waals surface area contributed by atoms with Crippen molar-refractivity contribution in [1.29, 1.82) is 0 Å². The van der Waals surface area contributed by atoms with Gasteiger partial charge in [0.2, 0.25) is 0 Å². The Bertz CT molecular complexity index is 241. The number of halogens is 2. The first-order valence-corrected chi connectivity index (χ1v) is 7.96. The van der Waals surface area contributed by atoms with Crippen molar-refractivity contribution in [2.45, 2.75) is 32.3 Å². The van der Waals surface area contributed by atoms with Crippen LogP contribution in [0.1, 0.15) is 26.7 Å². The Morgan fingerprint density at radius 3 is 2.06 bits per heavy atom. The highest BCUT2D eigenvalue weighted by Gasteiger charge is 2.24. The van der Waals surface area contributed by atoms with E-state index in [2.05, 4.69) is 45.2 Å². The van der Waals surface area contributed by atoms with Crippen molar-refractivity contribution < 1.29 is 19.1 Å². The highest BCUT2D eigenvalue weighted by molar-refractivity contribution is 14.1. The van der Waals surface area contributed by atoms with Crippen LogP contribution in [0, 0.1) is 0 Å². The monoisotopic (exact) mass is 454 g/mol. The zero-order valence-corrected chi connectivity index (χ0v) is 13.7. The third-order valence-electron chi connectivity index (χ3n) is 1.57. The summed E-state index contributed by atoms with van der Waals surface area (Å²) in [6.45, 7) is 3.57. The van der Waals surface area contributed by atoms with E-state index in [1.807, 2.05) is 0 Å². The maximum Gasteiger partial charge on any atom is 0.307 e. The van der Waals surface area contributed by atoms with Crippen LogP contribution in [0.3, 0.4) is 0 Å². The van der Waals surface area contributed by atoms with Gasteiger partial charge in [-0.05, 0) is 13.8 Å². The smallest absolute Gasteiger partial charge is 0.307 e. The van der Waals surface area contributed by atoms with Crippen molar-refractivity contribution in [2.75, 3.05) is 15.5 Å². The molecule has 0 rings (SSSR count). The van der Waals surface area contributed by atoms with Crippen LogP contribution in [0.25, 0.3) is 0 Å². The van der Waals surface area contributed by atoms with Gasteiger partial charge in [-0.1, -0.05) is 45.2 Å². The van der Waals surface area contributed by atoms with Crippen LogP contribution in [0.5, 0.6) is 0 Å². The zero-order valence-electron chi connectivity index (χ0n) is 9.42. The summed E-state index contributed by atoms with van der Waals surface area (Å²) < 4.78 is 11.6. The fraction of sp³-hybridized carbons (Fsp3) is 0.800. The first-order chi connectivity index (χ1) is 7.41. The molecule has 0 heterocycles. The summed E-state index contributed by atoms with van der Waals surface area (Å²) in [6.07, 6.45) is 0.768. The van der Waals surface area contributed by atoms with E-state index >= 15 is 0 Å². The third-order valence-corrected chi connectivity index (χ3v) is 2.65. The van der Waals surface area contributed by atoms with Gasteiger partial charge in [0.05, 0.1) is 12.8 Å². The molecule has 6 heteroatoms. The lowest BCUT2D eigenvalue weighted by molar-refractivity contribution is -0.167. The molecule has 0 radical (unpaired) electrons. The van der Waals surface area contributed by atoms with Crippen LogP contribution in [0.15, 0.2) is 0 Å². The summed E-state index contributed by atoms with van der Waals surface area (Å²) in [7, 11) is 0. The summed E-state index contributed by atoms with van der Waals surface area (Å²) in [5.74, 6) is -0.517. The average Bonchev–Trinajstić information content (AvgIpc) is 2.15. The lowest BCUT2D eigenvalue weighted by Gasteiger charge is -2.24. The fourth-order valence-electron chi connectivity index (χ4n) is 0.869. The second kappa shape index (κ2) is 8.48. The van der Waals surface area contributed by atoms with E-state index in [1.165, 1.54) is 0 Å². The maximum atomic E-state index is 11.3. The van der Waals surface area contributed by atoms with Gasteiger partial charge in [0.25, 0.3) is 0 Å². The molecule has 0 amide bonds. The summed E-state index contributed by atoms with van der Waals surface area (Å²) in [5.41, 5.74) is -0.746. The van der Waals surface area contributed by atoms with E-state index in [9.17, 15) is 9.59 Å². The Morgan fingerprint density at radius 2 is 1.56 bits per heavy atom. The van der Waals surface area contributed by atoms with Crippen LogP contribution in [0.4, 0.5) is 0 Å². The van der Waals surface area contributed by atoms with E-state index in [1.54, 1.807) is 13.8 Å². The Balaban J connectivity index is 3.94. The minimum atomic E-state index is -0.746. The zero-order chi connectivity index (χ0) is 12.6. The molecule has 0 spiro atoms. The van der Waals surface area contributed by atoms with Gasteiger partial charge in [0.15, 0.2) is 0 Å². The SMILES string of the molecule is CC(C)(COC(=O)CCI)OC(=O)CCI. The fourth-order valence-corrected chi connectivity index (χ4v) is 1.75. The Hall–Kier alpha value is 0.400. The molecule has 0 unspecified atom stereocenters. The largest absolute Gasteiger partial charge is 0.461 e. The second-order valence-electron chi connectivity index (χ2n) is 3.77. The Morgan fingerprint density at radius 1 is 1.06 bits per heavy atom. The molecule has 0 atom stereocenters. The molecule has 0 saturated carbocycles. The molecule has 0 aromatic rings. The van der Waals surface area contributed by atoms with Crippen molar-refractivity contribution in [3.8, 4) is 0 Å². The van der Waals surface area contributed by atoms with Gasteiger partial charge < -0.3 is 9.47 Å². The first-order valence-electron chi connectivity index (χ1n) is 4.90. The van der Waals surface area contributed by atoms with Gasteiger partial charge in [-0.15, -0.1) is 0 Å². The summed E-state index contributed by atoms with van der Waals surface area (Å²) in [6, 6.07) is 0. The lowest BCUT2D eigenvalue weighted by atomic mass is 10.1. The lowest BCUT2D eigenvalue weighted by Crippen LogP contribution is -2.34. The molecule has 0 N–H and O–H groups in total. The van der Waals surface area contributed by atoms with Crippen LogP contribution in [0.2, 0.25) is 0 Å². The molecule has 94 valence electrons. The molecule has 4 nitrogen and oxygen atoms in total. The predicted molar refractivity (Wildman–Crippen MR) is 78.1 cm³/mol. The van der Waals surface area contributed by atoms with Crippen LogP contribution in [-0.4, -0.2) is 33.0 Å². The predicted octanol–water partition coefficient (Wildman–Crippen LogP) is 2.50. The van der Waals surface area contributed by atoms with Crippen molar-refractivity contribution in [3.63, 3.8) is 0 Å². The molecule has 0 saturated heterocycles. The quantitative estimate of drug-likeness (QED) is 0.337. The van der Waals surface area contributed by atoms with E-state index in [-0.39, 0.29) is 18.5 Å². The molecule has 16 heavy (non-hydrogen) atoms. The minimum absolute atomic E-state index is 0.107. The topological polar surface area (TPSA) is 52.6 Å². The van der Waals surface area contributed by atoms with Crippen molar-refractivity contribution in [3.05, 3.63) is 0 Å². The van der Waals surface area contributed by atoms with E-state index in [0.717, 1.165) is 8.86 Å². The molecule has 0 aliphatic carbocycles. The van der Waals surface area contributed by atoms with E-state index < -0.39 is 5.60 Å². The summed E-state index contributed by atoms with van der Waals surface area (Å²) >= 11 is 4.22. The van der Waals surface area contributed by atoms with Gasteiger partial charge in [0, 0.05) is 8.86 Å². The molecule has 0 bridgehead atoms. The number of rotatable bonds is 7. The standard InChI is InChI=1S/C10H16I2O4/c1-10(2,16-9(14)4-6-12)7-15-8(13)3-5-11/h3-7H2,1-2H3. The van der Waals surface area contributed by atoms with Gasteiger partial charge in [0.1, 0.15) is 12.2 Å². The molecule has 0 aromatic heterocycles. The van der Waals surface area contributed by atoms with Crippen molar-refractivity contribution in [2.24, 2.45) is 0 Å². The number of carbonyl (C=O) groups excluding carboxylic acids is 2. The van der Waals surface area contributed by atoms with Gasteiger partial charge >= 0.3 is 11.9 Å². The van der Waals surface area contributed by atoms with Gasteiger partial charge in [-0.2, -0.15) is 0 Å². The minimum Gasteiger partial charge on any atom is -0.461 e. The number of alkyl halides is 2. The van der Waals surface area contributed by atoms with Gasteiger partial charge in [-0.25, -0.2) is 0 Å². The number of hydrogen-bond donors (Lipinski definition) is 0. The van der Waals surface area contributed by atoms with Crippen molar-refractivity contribution >= 4 is 57.1 Å². The molecule has 0 aliphatic heterocycles. The number of esters is 2. The molecular formula is C10H16I2O4. The van der Waals surface area contributed by atoms with Crippen molar-refractivity contribution in [1.82, 2.24) is 0 Å². The van der Waals surface area contributed by atoms with E-state index in [4.69, 9.17) is 9.47 Å². The Kier molecular flexibility index (Phi) is 8.70. The third kappa shape index (κ3) is 8.54. The average molecular weight is 454 g/mol. The number of ether oxygens (including phenoxy) is 2. The number of carbonyl (C=O) groups is 2. The molecule has 0 fully saturated rings. The second-order valence-corrected chi connectivity index (χ2v) is 5.93. The highest BCUT2D eigenvalue weighted by atomic mass is 127. The Labute approximate surface area is 123 Å². The normalized spacial score (nSPS) is 11.0. The highest BCUT2D eigenvalue weighted by Crippen LogP contribution is 2.12. The van der Waals surface area contributed by atoms with Crippen LogP contribution >= 0.6 is 45.2 Å². The van der Waals surface area contributed by atoms with E-state index in [0.29, 0.717) is 12.8 Å². The summed E-state index contributed by atoms with van der Waals surface area (Å²) in [4.78, 5) is 22.4. The number of hydrogen-bond acceptors (Lipinski definition) is 4. The van der Waals surface area contributed by atoms with Crippen LogP contribution < -0.4 is 0 Å². The molecule has 0 aromatic carbocycles. The molecule has 0 aliphatic rings. The van der Waals surface area contributed by atoms with Crippen LogP contribution in [-0.2, 0) is 19.1 Å². The molecular weight excluding hydrogens is 438 g/mol. The maximum absolute atomic E-state index is 11.3. The first kappa shape index (κ1) is 16.4.